The number of benzene rings is 1. The van der Waals surface area contributed by atoms with Crippen molar-refractivity contribution in [2.24, 2.45) is 5.73 Å². The molecule has 0 bridgehead atoms. The molecular weight excluding hydrogens is 471 g/mol. The van der Waals surface area contributed by atoms with E-state index in [2.05, 4.69) is 10.00 Å². The van der Waals surface area contributed by atoms with Gasteiger partial charge < -0.3 is 10.6 Å². The monoisotopic (exact) mass is 503 g/mol. The third-order valence-corrected chi connectivity index (χ3v) is 8.01. The highest BCUT2D eigenvalue weighted by Crippen LogP contribution is 2.44. The second-order valence-corrected chi connectivity index (χ2v) is 10.3. The minimum absolute atomic E-state index is 0.142. The number of amides is 2. The molecule has 2 N–H and O–H groups in total. The molecule has 1 aromatic heterocycles. The zero-order valence-electron chi connectivity index (χ0n) is 20.4. The van der Waals surface area contributed by atoms with Crippen molar-refractivity contribution in [1.82, 2.24) is 19.6 Å². The van der Waals surface area contributed by atoms with E-state index in [1.54, 1.807) is 17.2 Å². The standard InChI is InChI=1S/C26H32F3N5O2/c1-16(24(30)35)32-12-9-19(10-13-32)34-23(17-6-7-17)21(14-31-34)25(36)33-11-8-18(15-33)20-4-2-3-5-22(20)26(27,28)29/h2-5,14,16-19H,6-13,15H2,1H3,(H2,30,35)/t16-,18?/m0/s1. The van der Waals surface area contributed by atoms with Crippen LogP contribution in [0.1, 0.15) is 84.1 Å². The van der Waals surface area contributed by atoms with Crippen LogP contribution >= 0.6 is 0 Å². The predicted molar refractivity (Wildman–Crippen MR) is 127 cm³/mol. The number of carbonyl (C=O) groups excluding carboxylic acids is 2. The van der Waals surface area contributed by atoms with Crippen molar-refractivity contribution in [2.45, 2.75) is 69.1 Å². The molecule has 3 heterocycles. The van der Waals surface area contributed by atoms with Crippen molar-refractivity contribution in [3.05, 3.63) is 52.8 Å². The number of rotatable bonds is 6. The molecule has 1 saturated carbocycles. The maximum Gasteiger partial charge on any atom is 0.416 e. The van der Waals surface area contributed by atoms with Gasteiger partial charge in [-0.2, -0.15) is 18.3 Å². The molecule has 2 atom stereocenters. The maximum atomic E-state index is 13.6. The number of halogens is 3. The van der Waals surface area contributed by atoms with E-state index in [-0.39, 0.29) is 41.9 Å². The Morgan fingerprint density at radius 2 is 1.72 bits per heavy atom. The summed E-state index contributed by atoms with van der Waals surface area (Å²) in [5.74, 6) is -0.531. The van der Waals surface area contributed by atoms with Gasteiger partial charge in [0.1, 0.15) is 0 Å². The van der Waals surface area contributed by atoms with E-state index in [4.69, 9.17) is 5.73 Å². The van der Waals surface area contributed by atoms with Gasteiger partial charge in [0.2, 0.25) is 5.91 Å². The molecule has 194 valence electrons. The number of alkyl halides is 3. The van der Waals surface area contributed by atoms with E-state index in [1.807, 2.05) is 11.6 Å². The molecule has 36 heavy (non-hydrogen) atoms. The van der Waals surface area contributed by atoms with Crippen LogP contribution < -0.4 is 5.73 Å². The molecule has 2 saturated heterocycles. The Balaban J connectivity index is 1.32. The summed E-state index contributed by atoms with van der Waals surface area (Å²) in [6.45, 7) is 3.97. The smallest absolute Gasteiger partial charge is 0.368 e. The summed E-state index contributed by atoms with van der Waals surface area (Å²) < 4.78 is 42.6. The van der Waals surface area contributed by atoms with Crippen LogP contribution in [0.2, 0.25) is 0 Å². The van der Waals surface area contributed by atoms with Crippen molar-refractivity contribution >= 4 is 11.8 Å². The van der Waals surface area contributed by atoms with Gasteiger partial charge >= 0.3 is 6.18 Å². The van der Waals surface area contributed by atoms with Gasteiger partial charge in [-0.25, -0.2) is 0 Å². The highest BCUT2D eigenvalue weighted by Gasteiger charge is 2.40. The van der Waals surface area contributed by atoms with Crippen LogP contribution in [-0.2, 0) is 11.0 Å². The predicted octanol–water partition coefficient (Wildman–Crippen LogP) is 3.92. The summed E-state index contributed by atoms with van der Waals surface area (Å²) in [5.41, 5.74) is 6.64. The molecule has 2 aromatic rings. The first-order chi connectivity index (χ1) is 17.1. The normalized spacial score (nSPS) is 22.7. The zero-order chi connectivity index (χ0) is 25.6. The highest BCUT2D eigenvalue weighted by atomic mass is 19.4. The van der Waals surface area contributed by atoms with E-state index in [9.17, 15) is 22.8 Å². The summed E-state index contributed by atoms with van der Waals surface area (Å²) in [4.78, 5) is 28.9. The van der Waals surface area contributed by atoms with Crippen molar-refractivity contribution in [3.63, 3.8) is 0 Å². The number of nitrogens with two attached hydrogens (primary N) is 1. The molecule has 3 aliphatic rings. The molecule has 0 radical (unpaired) electrons. The Hall–Kier alpha value is -2.88. The number of aromatic nitrogens is 2. The average molecular weight is 504 g/mol. The third-order valence-electron chi connectivity index (χ3n) is 8.01. The Morgan fingerprint density at radius 1 is 1.03 bits per heavy atom. The van der Waals surface area contributed by atoms with Gasteiger partial charge in [-0.1, -0.05) is 18.2 Å². The molecule has 0 spiro atoms. The number of nitrogens with zero attached hydrogens (tertiary/aromatic N) is 4. The van der Waals surface area contributed by atoms with Gasteiger partial charge in [0.05, 0.1) is 35.1 Å². The number of piperidine rings is 1. The molecule has 1 aromatic carbocycles. The number of likely N-dealkylation sites (tertiary alicyclic amines) is 2. The van der Waals surface area contributed by atoms with Gasteiger partial charge in [-0.3, -0.25) is 19.2 Å². The van der Waals surface area contributed by atoms with Crippen LogP contribution in [0.25, 0.3) is 0 Å². The molecule has 2 aliphatic heterocycles. The lowest BCUT2D eigenvalue weighted by atomic mass is 9.93. The van der Waals surface area contributed by atoms with E-state index in [1.165, 1.54) is 12.1 Å². The lowest BCUT2D eigenvalue weighted by Crippen LogP contribution is -2.46. The SMILES string of the molecule is C[C@@H](C(N)=O)N1CCC(n2ncc(C(=O)N3CCC(c4ccccc4C(F)(F)F)C3)c2C2CC2)CC1. The van der Waals surface area contributed by atoms with Crippen LogP contribution in [0.5, 0.6) is 0 Å². The average Bonchev–Trinajstić information content (AvgIpc) is 3.40. The van der Waals surface area contributed by atoms with E-state index < -0.39 is 11.7 Å². The van der Waals surface area contributed by atoms with Crippen LogP contribution in [0.15, 0.2) is 30.5 Å². The van der Waals surface area contributed by atoms with Crippen LogP contribution in [0.3, 0.4) is 0 Å². The van der Waals surface area contributed by atoms with Crippen molar-refractivity contribution in [2.75, 3.05) is 26.2 Å². The summed E-state index contributed by atoms with van der Waals surface area (Å²) in [7, 11) is 0. The Labute approximate surface area is 208 Å². The van der Waals surface area contributed by atoms with Crippen molar-refractivity contribution in [1.29, 1.82) is 0 Å². The van der Waals surface area contributed by atoms with Gasteiger partial charge in [-0.15, -0.1) is 0 Å². The maximum absolute atomic E-state index is 13.6. The number of primary amides is 1. The minimum atomic E-state index is -4.42. The lowest BCUT2D eigenvalue weighted by Gasteiger charge is -2.35. The van der Waals surface area contributed by atoms with Gasteiger partial charge in [-0.05, 0) is 50.7 Å². The third kappa shape index (κ3) is 4.75. The van der Waals surface area contributed by atoms with Gasteiger partial charge in [0.25, 0.3) is 5.91 Å². The van der Waals surface area contributed by atoms with Crippen molar-refractivity contribution < 1.29 is 22.8 Å². The molecule has 5 rings (SSSR count). The zero-order valence-corrected chi connectivity index (χ0v) is 20.4. The number of hydrogen-bond donors (Lipinski definition) is 1. The highest BCUT2D eigenvalue weighted by molar-refractivity contribution is 5.95. The fourth-order valence-electron chi connectivity index (χ4n) is 5.77. The fourth-order valence-corrected chi connectivity index (χ4v) is 5.77. The van der Waals surface area contributed by atoms with Crippen molar-refractivity contribution in [3.8, 4) is 0 Å². The fraction of sp³-hybridized carbons (Fsp3) is 0.577. The quantitative estimate of drug-likeness (QED) is 0.648. The topological polar surface area (TPSA) is 84.5 Å². The molecule has 1 unspecified atom stereocenters. The van der Waals surface area contributed by atoms with Gasteiger partial charge in [0.15, 0.2) is 0 Å². The Morgan fingerprint density at radius 3 is 2.36 bits per heavy atom. The van der Waals surface area contributed by atoms with E-state index >= 15 is 0 Å². The Kier molecular flexibility index (Phi) is 6.57. The summed E-state index contributed by atoms with van der Waals surface area (Å²) in [6.07, 6.45) is 1.36. The lowest BCUT2D eigenvalue weighted by molar-refractivity contribution is -0.138. The first-order valence-electron chi connectivity index (χ1n) is 12.7. The first-order valence-corrected chi connectivity index (χ1v) is 12.7. The summed E-state index contributed by atoms with van der Waals surface area (Å²) >= 11 is 0. The van der Waals surface area contributed by atoms with Gasteiger partial charge in [0, 0.05) is 38.0 Å². The molecule has 7 nitrogen and oxygen atoms in total. The Bertz CT molecular complexity index is 1130. The molecule has 2 amide bonds. The minimum Gasteiger partial charge on any atom is -0.368 e. The molecule has 3 fully saturated rings. The number of carbonyl (C=O) groups is 2. The molecule has 10 heteroatoms. The first kappa shape index (κ1) is 24.8. The number of hydrogen-bond acceptors (Lipinski definition) is 4. The second kappa shape index (κ2) is 9.53. The summed E-state index contributed by atoms with van der Waals surface area (Å²) in [6, 6.07) is 5.50. The molecule has 1 aliphatic carbocycles. The molecular formula is C26H32F3N5O2. The van der Waals surface area contributed by atoms with Crippen LogP contribution in [0.4, 0.5) is 13.2 Å². The van der Waals surface area contributed by atoms with Crippen LogP contribution in [0, 0.1) is 0 Å². The van der Waals surface area contributed by atoms with Crippen LogP contribution in [-0.4, -0.2) is 63.6 Å². The second-order valence-electron chi connectivity index (χ2n) is 10.3. The largest absolute Gasteiger partial charge is 0.416 e. The van der Waals surface area contributed by atoms with E-state index in [0.717, 1.165) is 50.5 Å². The summed E-state index contributed by atoms with van der Waals surface area (Å²) in [5, 5.41) is 4.63. The van der Waals surface area contributed by atoms with E-state index in [0.29, 0.717) is 24.4 Å².